The van der Waals surface area contributed by atoms with Crippen LogP contribution >= 0.6 is 0 Å². The largest absolute Gasteiger partial charge is 0.354 e. The fourth-order valence-corrected chi connectivity index (χ4v) is 3.80. The molecule has 0 fully saturated rings. The summed E-state index contributed by atoms with van der Waals surface area (Å²) in [5, 5.41) is 2.79. The number of anilines is 1. The number of hydrogen-bond donors (Lipinski definition) is 1. The first kappa shape index (κ1) is 20.2. The Hall–Kier alpha value is -2.15. The molecule has 1 aliphatic carbocycles. The minimum atomic E-state index is -3.62. The first-order valence-electron chi connectivity index (χ1n) is 8.80. The van der Waals surface area contributed by atoms with Gasteiger partial charge >= 0.3 is 0 Å². The maximum absolute atomic E-state index is 12.2. The second kappa shape index (κ2) is 8.98. The van der Waals surface area contributed by atoms with Gasteiger partial charge in [-0.15, -0.1) is 0 Å². The first-order valence-corrected chi connectivity index (χ1v) is 10.7. The maximum atomic E-state index is 12.2. The molecule has 1 aliphatic rings. The Balaban J connectivity index is 1.97. The van der Waals surface area contributed by atoms with Gasteiger partial charge < -0.3 is 5.32 Å². The number of Topliss-reactive ketones (excluding diaryl/α,β-unsaturated/α-hetero) is 1. The van der Waals surface area contributed by atoms with Gasteiger partial charge in [0, 0.05) is 12.1 Å². The van der Waals surface area contributed by atoms with Gasteiger partial charge in [0.05, 0.1) is 11.9 Å². The number of rotatable bonds is 8. The van der Waals surface area contributed by atoms with Gasteiger partial charge in [0.2, 0.25) is 15.9 Å². The molecule has 1 amide bonds. The molecule has 1 N–H and O–H groups in total. The number of allylic oxidation sites excluding steroid dienone is 1. The van der Waals surface area contributed by atoms with Crippen LogP contribution in [0.2, 0.25) is 0 Å². The molecule has 7 heteroatoms. The zero-order valence-electron chi connectivity index (χ0n) is 15.3. The Labute approximate surface area is 155 Å². The molecule has 142 valence electrons. The lowest BCUT2D eigenvalue weighted by Crippen LogP contribution is -2.40. The van der Waals surface area contributed by atoms with Crippen molar-refractivity contribution in [3.63, 3.8) is 0 Å². The van der Waals surface area contributed by atoms with E-state index in [2.05, 4.69) is 11.4 Å². The van der Waals surface area contributed by atoms with Crippen molar-refractivity contribution in [1.82, 2.24) is 5.32 Å². The van der Waals surface area contributed by atoms with E-state index in [0.29, 0.717) is 17.8 Å². The summed E-state index contributed by atoms with van der Waals surface area (Å²) in [5.74, 6) is -0.445. The first-order chi connectivity index (χ1) is 12.3. The van der Waals surface area contributed by atoms with Crippen LogP contribution in [-0.4, -0.2) is 39.5 Å². The van der Waals surface area contributed by atoms with Crippen molar-refractivity contribution in [2.24, 2.45) is 0 Å². The lowest BCUT2D eigenvalue weighted by molar-refractivity contribution is -0.119. The molecule has 0 heterocycles. The predicted octanol–water partition coefficient (Wildman–Crippen LogP) is 2.66. The lowest BCUT2D eigenvalue weighted by atomic mass is 9.97. The van der Waals surface area contributed by atoms with Crippen molar-refractivity contribution in [3.8, 4) is 0 Å². The van der Waals surface area contributed by atoms with E-state index in [9.17, 15) is 18.0 Å². The summed E-state index contributed by atoms with van der Waals surface area (Å²) in [6.45, 7) is 1.67. The molecule has 0 atom stereocenters. The van der Waals surface area contributed by atoms with Crippen molar-refractivity contribution in [3.05, 3.63) is 41.5 Å². The number of hydrogen-bond acceptors (Lipinski definition) is 4. The van der Waals surface area contributed by atoms with E-state index < -0.39 is 10.0 Å². The molecular formula is C19H26N2O4S. The second-order valence-electron chi connectivity index (χ2n) is 6.58. The van der Waals surface area contributed by atoms with Crippen LogP contribution in [0.4, 0.5) is 5.69 Å². The highest BCUT2D eigenvalue weighted by Crippen LogP contribution is 2.20. The molecule has 0 radical (unpaired) electrons. The normalized spacial score (nSPS) is 14.5. The van der Waals surface area contributed by atoms with Gasteiger partial charge in [0.25, 0.3) is 0 Å². The van der Waals surface area contributed by atoms with Crippen LogP contribution in [0.15, 0.2) is 35.9 Å². The third kappa shape index (κ3) is 5.98. The molecule has 0 bridgehead atoms. The molecule has 0 saturated carbocycles. The van der Waals surface area contributed by atoms with Gasteiger partial charge in [-0.1, -0.05) is 11.6 Å². The Morgan fingerprint density at radius 2 is 1.85 bits per heavy atom. The van der Waals surface area contributed by atoms with Gasteiger partial charge in [0.15, 0.2) is 5.78 Å². The molecular weight excluding hydrogens is 352 g/mol. The summed E-state index contributed by atoms with van der Waals surface area (Å²) >= 11 is 0. The maximum Gasteiger partial charge on any atom is 0.240 e. The highest BCUT2D eigenvalue weighted by Gasteiger charge is 2.21. The zero-order valence-corrected chi connectivity index (χ0v) is 16.1. The SMILES string of the molecule is CC(=O)c1ccc(N(CC(=O)NCCC2=CCCCC2)S(C)(=O)=O)cc1. The summed E-state index contributed by atoms with van der Waals surface area (Å²) in [4.78, 5) is 23.5. The second-order valence-corrected chi connectivity index (χ2v) is 8.49. The topological polar surface area (TPSA) is 83.6 Å². The van der Waals surface area contributed by atoms with Crippen LogP contribution in [-0.2, 0) is 14.8 Å². The van der Waals surface area contributed by atoms with Crippen LogP contribution in [0.25, 0.3) is 0 Å². The number of nitrogens with zero attached hydrogens (tertiary/aromatic N) is 1. The summed E-state index contributed by atoms with van der Waals surface area (Å²) in [7, 11) is -3.62. The minimum Gasteiger partial charge on any atom is -0.354 e. The number of amides is 1. The van der Waals surface area contributed by atoms with E-state index in [4.69, 9.17) is 0 Å². The van der Waals surface area contributed by atoms with Crippen LogP contribution in [0.3, 0.4) is 0 Å². The molecule has 0 unspecified atom stereocenters. The molecule has 26 heavy (non-hydrogen) atoms. The Morgan fingerprint density at radius 3 is 2.38 bits per heavy atom. The van der Waals surface area contributed by atoms with E-state index in [1.807, 2.05) is 0 Å². The van der Waals surface area contributed by atoms with Crippen molar-refractivity contribution in [1.29, 1.82) is 0 Å². The number of sulfonamides is 1. The van der Waals surface area contributed by atoms with Gasteiger partial charge in [-0.25, -0.2) is 8.42 Å². The standard InChI is InChI=1S/C19H26N2O4S/c1-15(22)17-8-10-18(11-9-17)21(26(2,24)25)14-19(23)20-13-12-16-6-4-3-5-7-16/h6,8-11H,3-5,7,12-14H2,1-2H3,(H,20,23). The Morgan fingerprint density at radius 1 is 1.15 bits per heavy atom. The number of benzene rings is 1. The van der Waals surface area contributed by atoms with E-state index >= 15 is 0 Å². The summed E-state index contributed by atoms with van der Waals surface area (Å²) < 4.78 is 25.2. The molecule has 0 aliphatic heterocycles. The number of ketones is 1. The molecule has 0 aromatic heterocycles. The van der Waals surface area contributed by atoms with Crippen LogP contribution in [0.5, 0.6) is 0 Å². The summed E-state index contributed by atoms with van der Waals surface area (Å²) in [5.41, 5.74) is 2.21. The van der Waals surface area contributed by atoms with Crippen molar-refractivity contribution < 1.29 is 18.0 Å². The zero-order chi connectivity index (χ0) is 19.2. The third-order valence-corrected chi connectivity index (χ3v) is 5.54. The Bertz CT molecular complexity index is 782. The average molecular weight is 378 g/mol. The molecule has 1 aromatic carbocycles. The van der Waals surface area contributed by atoms with Crippen molar-refractivity contribution >= 4 is 27.4 Å². The molecule has 6 nitrogen and oxygen atoms in total. The van der Waals surface area contributed by atoms with Gasteiger partial charge in [-0.3, -0.25) is 13.9 Å². The van der Waals surface area contributed by atoms with Crippen molar-refractivity contribution in [2.45, 2.75) is 39.0 Å². The predicted molar refractivity (Wildman–Crippen MR) is 103 cm³/mol. The van der Waals surface area contributed by atoms with E-state index in [-0.39, 0.29) is 18.2 Å². The Kier molecular flexibility index (Phi) is 6.97. The lowest BCUT2D eigenvalue weighted by Gasteiger charge is -2.22. The van der Waals surface area contributed by atoms with Crippen LogP contribution < -0.4 is 9.62 Å². The van der Waals surface area contributed by atoms with Crippen LogP contribution in [0, 0.1) is 0 Å². The number of nitrogens with one attached hydrogen (secondary N) is 1. The summed E-state index contributed by atoms with van der Waals surface area (Å²) in [6, 6.07) is 6.20. The number of carbonyl (C=O) groups excluding carboxylic acids is 2. The fourth-order valence-electron chi connectivity index (χ4n) is 2.94. The number of carbonyl (C=O) groups is 2. The molecule has 0 spiro atoms. The van der Waals surface area contributed by atoms with Gasteiger partial charge in [0.1, 0.15) is 6.54 Å². The molecule has 1 aromatic rings. The van der Waals surface area contributed by atoms with Crippen LogP contribution in [0.1, 0.15) is 49.4 Å². The van der Waals surface area contributed by atoms with E-state index in [1.165, 1.54) is 37.5 Å². The minimum absolute atomic E-state index is 0.0998. The summed E-state index contributed by atoms with van der Waals surface area (Å²) in [6.07, 6.45) is 8.69. The molecule has 2 rings (SSSR count). The smallest absolute Gasteiger partial charge is 0.240 e. The fraction of sp³-hybridized carbons (Fsp3) is 0.474. The van der Waals surface area contributed by atoms with Gasteiger partial charge in [-0.2, -0.15) is 0 Å². The third-order valence-electron chi connectivity index (χ3n) is 4.40. The van der Waals surface area contributed by atoms with E-state index in [1.54, 1.807) is 12.1 Å². The highest BCUT2D eigenvalue weighted by molar-refractivity contribution is 7.92. The van der Waals surface area contributed by atoms with Gasteiger partial charge in [-0.05, 0) is 63.3 Å². The van der Waals surface area contributed by atoms with Crippen molar-refractivity contribution in [2.75, 3.05) is 23.7 Å². The van der Waals surface area contributed by atoms with E-state index in [0.717, 1.165) is 29.8 Å². The average Bonchev–Trinajstić information content (AvgIpc) is 2.60. The quantitative estimate of drug-likeness (QED) is 0.557. The highest BCUT2D eigenvalue weighted by atomic mass is 32.2. The molecule has 0 saturated heterocycles. The monoisotopic (exact) mass is 378 g/mol.